The minimum atomic E-state index is -0.452. The van der Waals surface area contributed by atoms with E-state index < -0.39 is 5.41 Å². The molecule has 1 saturated heterocycles. The van der Waals surface area contributed by atoms with Gasteiger partial charge in [0.1, 0.15) is 0 Å². The number of amides is 1. The lowest BCUT2D eigenvalue weighted by Gasteiger charge is -2.30. The van der Waals surface area contributed by atoms with Crippen molar-refractivity contribution in [1.82, 2.24) is 5.32 Å². The molecule has 2 heterocycles. The molecule has 1 spiro atoms. The molecule has 4 rings (SSSR count). The third kappa shape index (κ3) is 1.55. The minimum Gasteiger partial charge on any atom is -0.314 e. The van der Waals surface area contributed by atoms with E-state index in [2.05, 4.69) is 23.5 Å². The molecule has 1 N–H and O–H groups in total. The molecule has 0 radical (unpaired) electrons. The third-order valence-electron chi connectivity index (χ3n) is 4.93. The summed E-state index contributed by atoms with van der Waals surface area (Å²) in [7, 11) is 1.89. The highest BCUT2D eigenvalue weighted by molar-refractivity contribution is 6.08. The van der Waals surface area contributed by atoms with Gasteiger partial charge in [-0.15, -0.1) is 0 Å². The number of nitrogens with zero attached hydrogens (tertiary/aromatic N) is 1. The number of anilines is 1. The summed E-state index contributed by atoms with van der Waals surface area (Å²) in [6.45, 7) is 0.869. The van der Waals surface area contributed by atoms with Gasteiger partial charge in [0.2, 0.25) is 5.91 Å². The monoisotopic (exact) mass is 278 g/mol. The fourth-order valence-corrected chi connectivity index (χ4v) is 3.97. The van der Waals surface area contributed by atoms with E-state index in [1.165, 1.54) is 5.56 Å². The Morgan fingerprint density at radius 2 is 1.81 bits per heavy atom. The summed E-state index contributed by atoms with van der Waals surface area (Å²) in [5, 5.41) is 3.55. The number of para-hydroxylation sites is 1. The van der Waals surface area contributed by atoms with Crippen molar-refractivity contribution in [3.05, 3.63) is 65.7 Å². The van der Waals surface area contributed by atoms with Crippen molar-refractivity contribution in [2.24, 2.45) is 0 Å². The van der Waals surface area contributed by atoms with Crippen LogP contribution in [0.3, 0.4) is 0 Å². The maximum Gasteiger partial charge on any atom is 0.239 e. The second kappa shape index (κ2) is 4.43. The quantitative estimate of drug-likeness (QED) is 0.869. The van der Waals surface area contributed by atoms with Gasteiger partial charge in [0.15, 0.2) is 0 Å². The minimum absolute atomic E-state index is 0.0531. The molecule has 2 aliphatic heterocycles. The second-order valence-corrected chi connectivity index (χ2v) is 5.90. The molecular weight excluding hydrogens is 260 g/mol. The Morgan fingerprint density at radius 3 is 2.62 bits per heavy atom. The fourth-order valence-electron chi connectivity index (χ4n) is 3.97. The Morgan fingerprint density at radius 1 is 1.10 bits per heavy atom. The molecule has 2 atom stereocenters. The number of carbonyl (C=O) groups is 1. The van der Waals surface area contributed by atoms with Gasteiger partial charge in [-0.1, -0.05) is 48.5 Å². The lowest BCUT2D eigenvalue weighted by atomic mass is 9.73. The Hall–Kier alpha value is -2.13. The molecule has 21 heavy (non-hydrogen) atoms. The standard InChI is InChI=1S/C18H18N2O/c1-20-15-10-6-5-9-14(15)18(17(20)21)11-12-19-16(18)13-7-3-2-4-8-13/h2-10,16,19H,11-12H2,1H3. The molecule has 2 aromatic rings. The van der Waals surface area contributed by atoms with E-state index in [0.717, 1.165) is 24.2 Å². The molecule has 3 nitrogen and oxygen atoms in total. The maximum atomic E-state index is 13.1. The summed E-state index contributed by atoms with van der Waals surface area (Å²) in [4.78, 5) is 14.9. The molecule has 1 fully saturated rings. The number of fused-ring (bicyclic) bond motifs is 2. The van der Waals surface area contributed by atoms with Gasteiger partial charge in [-0.05, 0) is 30.2 Å². The first kappa shape index (κ1) is 12.6. The van der Waals surface area contributed by atoms with Crippen LogP contribution in [-0.2, 0) is 10.2 Å². The molecule has 3 heteroatoms. The molecule has 1 amide bonds. The van der Waals surface area contributed by atoms with Crippen LogP contribution in [0, 0.1) is 0 Å². The molecule has 106 valence electrons. The van der Waals surface area contributed by atoms with Gasteiger partial charge < -0.3 is 10.2 Å². The van der Waals surface area contributed by atoms with Gasteiger partial charge >= 0.3 is 0 Å². The first-order valence-electron chi connectivity index (χ1n) is 7.41. The first-order valence-corrected chi connectivity index (χ1v) is 7.41. The van der Waals surface area contributed by atoms with Gasteiger partial charge in [0.05, 0.1) is 11.5 Å². The van der Waals surface area contributed by atoms with Crippen molar-refractivity contribution in [2.45, 2.75) is 17.9 Å². The number of hydrogen-bond acceptors (Lipinski definition) is 2. The lowest BCUT2D eigenvalue weighted by Crippen LogP contribution is -2.42. The molecule has 2 aromatic carbocycles. The predicted molar refractivity (Wildman–Crippen MR) is 83.3 cm³/mol. The summed E-state index contributed by atoms with van der Waals surface area (Å²) in [5.41, 5.74) is 2.95. The van der Waals surface area contributed by atoms with Gasteiger partial charge in [-0.3, -0.25) is 4.79 Å². The van der Waals surface area contributed by atoms with Gasteiger partial charge in [0, 0.05) is 12.7 Å². The van der Waals surface area contributed by atoms with Crippen LogP contribution in [0.4, 0.5) is 5.69 Å². The fraction of sp³-hybridized carbons (Fsp3) is 0.278. The molecule has 0 aromatic heterocycles. The van der Waals surface area contributed by atoms with E-state index in [1.807, 2.05) is 48.3 Å². The molecule has 2 unspecified atom stereocenters. The van der Waals surface area contributed by atoms with Crippen LogP contribution in [0.1, 0.15) is 23.6 Å². The Labute approximate surface area is 124 Å². The Balaban J connectivity index is 1.92. The summed E-state index contributed by atoms with van der Waals surface area (Å²) in [6.07, 6.45) is 0.854. The van der Waals surface area contributed by atoms with Crippen LogP contribution in [0.2, 0.25) is 0 Å². The van der Waals surface area contributed by atoms with Gasteiger partial charge in [-0.25, -0.2) is 0 Å². The smallest absolute Gasteiger partial charge is 0.239 e. The van der Waals surface area contributed by atoms with Gasteiger partial charge in [-0.2, -0.15) is 0 Å². The van der Waals surface area contributed by atoms with Crippen molar-refractivity contribution in [3.63, 3.8) is 0 Å². The predicted octanol–water partition coefficient (Wildman–Crippen LogP) is 2.64. The van der Waals surface area contributed by atoms with E-state index in [9.17, 15) is 4.79 Å². The summed E-state index contributed by atoms with van der Waals surface area (Å²) < 4.78 is 0. The number of rotatable bonds is 1. The Bertz CT molecular complexity index is 697. The molecule has 0 bridgehead atoms. The second-order valence-electron chi connectivity index (χ2n) is 5.90. The topological polar surface area (TPSA) is 32.3 Å². The SMILES string of the molecule is CN1C(=O)C2(CCNC2c2ccccc2)c2ccccc21. The number of likely N-dealkylation sites (N-methyl/N-ethyl adjacent to an activating group) is 1. The highest BCUT2D eigenvalue weighted by Crippen LogP contribution is 2.52. The van der Waals surface area contributed by atoms with E-state index in [-0.39, 0.29) is 11.9 Å². The van der Waals surface area contributed by atoms with Crippen LogP contribution < -0.4 is 10.2 Å². The first-order chi connectivity index (χ1) is 10.2. The van der Waals surface area contributed by atoms with Crippen molar-refractivity contribution >= 4 is 11.6 Å². The molecule has 2 aliphatic rings. The number of carbonyl (C=O) groups excluding carboxylic acids is 1. The van der Waals surface area contributed by atoms with Crippen molar-refractivity contribution in [2.75, 3.05) is 18.5 Å². The van der Waals surface area contributed by atoms with Crippen LogP contribution in [0.15, 0.2) is 54.6 Å². The molecular formula is C18H18N2O. The zero-order valence-electron chi connectivity index (χ0n) is 12.0. The third-order valence-corrected chi connectivity index (χ3v) is 4.93. The number of nitrogens with one attached hydrogen (secondary N) is 1. The zero-order chi connectivity index (χ0) is 14.4. The van der Waals surface area contributed by atoms with Crippen molar-refractivity contribution in [1.29, 1.82) is 0 Å². The van der Waals surface area contributed by atoms with Crippen molar-refractivity contribution < 1.29 is 4.79 Å². The number of benzene rings is 2. The number of hydrogen-bond donors (Lipinski definition) is 1. The van der Waals surface area contributed by atoms with Crippen LogP contribution in [0.25, 0.3) is 0 Å². The van der Waals surface area contributed by atoms with E-state index in [1.54, 1.807) is 0 Å². The Kier molecular flexibility index (Phi) is 2.66. The average Bonchev–Trinajstić information content (AvgIpc) is 3.07. The molecule has 0 saturated carbocycles. The molecule has 0 aliphatic carbocycles. The van der Waals surface area contributed by atoms with Crippen LogP contribution in [-0.4, -0.2) is 19.5 Å². The normalized spacial score (nSPS) is 27.4. The van der Waals surface area contributed by atoms with Gasteiger partial charge in [0.25, 0.3) is 0 Å². The van der Waals surface area contributed by atoms with Crippen molar-refractivity contribution in [3.8, 4) is 0 Å². The van der Waals surface area contributed by atoms with Crippen LogP contribution in [0.5, 0.6) is 0 Å². The summed E-state index contributed by atoms with van der Waals surface area (Å²) in [5.74, 6) is 0.211. The zero-order valence-corrected chi connectivity index (χ0v) is 12.0. The lowest BCUT2D eigenvalue weighted by molar-refractivity contribution is -0.123. The summed E-state index contributed by atoms with van der Waals surface area (Å²) >= 11 is 0. The largest absolute Gasteiger partial charge is 0.314 e. The van der Waals surface area contributed by atoms with Crippen LogP contribution >= 0.6 is 0 Å². The van der Waals surface area contributed by atoms with E-state index in [0.29, 0.717) is 0 Å². The average molecular weight is 278 g/mol. The van der Waals surface area contributed by atoms with E-state index >= 15 is 0 Å². The van der Waals surface area contributed by atoms with E-state index in [4.69, 9.17) is 0 Å². The highest BCUT2D eigenvalue weighted by atomic mass is 16.2. The maximum absolute atomic E-state index is 13.1. The summed E-state index contributed by atoms with van der Waals surface area (Å²) in [6, 6.07) is 18.6. The highest BCUT2D eigenvalue weighted by Gasteiger charge is 2.57.